The molecule has 1 saturated carbocycles. The Morgan fingerprint density at radius 3 is 2.65 bits per heavy atom. The van der Waals surface area contributed by atoms with Crippen LogP contribution in [0.5, 0.6) is 0 Å². The van der Waals surface area contributed by atoms with Crippen molar-refractivity contribution in [3.8, 4) is 0 Å². The third kappa shape index (κ3) is 4.19. The summed E-state index contributed by atoms with van der Waals surface area (Å²) in [5.74, 6) is 0.258. The number of rotatable bonds is 6. The van der Waals surface area contributed by atoms with Crippen LogP contribution in [0.1, 0.15) is 28.8 Å². The molecule has 5 nitrogen and oxygen atoms in total. The number of nitrogens with one attached hydrogen (secondary N) is 1. The lowest BCUT2D eigenvalue weighted by Gasteiger charge is -2.08. The number of amides is 1. The van der Waals surface area contributed by atoms with Gasteiger partial charge < -0.3 is 10.1 Å². The van der Waals surface area contributed by atoms with Crippen LogP contribution in [-0.4, -0.2) is 28.0 Å². The molecule has 0 aliphatic heterocycles. The summed E-state index contributed by atoms with van der Waals surface area (Å²) in [6, 6.07) is 4.30. The topological polar surface area (TPSA) is 72.5 Å². The zero-order chi connectivity index (χ0) is 14.8. The van der Waals surface area contributed by atoms with Gasteiger partial charge in [0.25, 0.3) is 15.0 Å². The maximum Gasteiger partial charge on any atom is 0.261 e. The summed E-state index contributed by atoms with van der Waals surface area (Å²) in [6.45, 7) is 0.833. The summed E-state index contributed by atoms with van der Waals surface area (Å²) >= 11 is 0. The quantitative estimate of drug-likeness (QED) is 0.813. The van der Waals surface area contributed by atoms with Crippen molar-refractivity contribution >= 4 is 25.6 Å². The Kier molecular flexibility index (Phi) is 4.67. The molecule has 7 heteroatoms. The number of hydrogen-bond acceptors (Lipinski definition) is 4. The Bertz CT molecular complexity index is 611. The van der Waals surface area contributed by atoms with Gasteiger partial charge in [0.2, 0.25) is 0 Å². The zero-order valence-electron chi connectivity index (χ0n) is 11.1. The minimum atomic E-state index is -3.88. The van der Waals surface area contributed by atoms with Crippen LogP contribution in [0.15, 0.2) is 23.1 Å². The van der Waals surface area contributed by atoms with Gasteiger partial charge >= 0.3 is 0 Å². The Morgan fingerprint density at radius 1 is 1.40 bits per heavy atom. The minimum Gasteiger partial charge on any atom is -0.380 e. The lowest BCUT2D eigenvalue weighted by Crippen LogP contribution is -2.25. The fourth-order valence-electron chi connectivity index (χ4n) is 1.84. The van der Waals surface area contributed by atoms with Crippen molar-refractivity contribution < 1.29 is 17.9 Å². The summed E-state index contributed by atoms with van der Waals surface area (Å²) in [6.07, 6.45) is 2.26. The van der Waals surface area contributed by atoms with Gasteiger partial charge in [0.15, 0.2) is 0 Å². The molecule has 0 radical (unpaired) electrons. The molecule has 1 aromatic carbocycles. The molecule has 0 saturated heterocycles. The maximum absolute atomic E-state index is 12.0. The van der Waals surface area contributed by atoms with E-state index in [2.05, 4.69) is 5.32 Å². The van der Waals surface area contributed by atoms with Crippen molar-refractivity contribution in [2.75, 3.05) is 13.7 Å². The normalized spacial score (nSPS) is 15.1. The predicted octanol–water partition coefficient (Wildman–Crippen LogP) is 1.90. The second-order valence-corrected chi connectivity index (χ2v) is 7.46. The summed E-state index contributed by atoms with van der Waals surface area (Å²) in [4.78, 5) is 11.9. The highest BCUT2D eigenvalue weighted by molar-refractivity contribution is 8.13. The van der Waals surface area contributed by atoms with Gasteiger partial charge in [-0.25, -0.2) is 8.42 Å². The molecular formula is C13H16ClNO4S. The predicted molar refractivity (Wildman–Crippen MR) is 75.3 cm³/mol. The molecule has 0 atom stereocenters. The van der Waals surface area contributed by atoms with Gasteiger partial charge in [-0.05, 0) is 42.5 Å². The Labute approximate surface area is 122 Å². The lowest BCUT2D eigenvalue weighted by atomic mass is 10.1. The highest BCUT2D eigenvalue weighted by atomic mass is 35.7. The molecule has 0 heterocycles. The molecular weight excluding hydrogens is 302 g/mol. The average molecular weight is 318 g/mol. The first kappa shape index (κ1) is 15.3. The number of carbonyl (C=O) groups is 1. The van der Waals surface area contributed by atoms with Gasteiger partial charge in [-0.3, -0.25) is 4.79 Å². The summed E-state index contributed by atoms with van der Waals surface area (Å²) in [7, 11) is 2.96. The van der Waals surface area contributed by atoms with E-state index < -0.39 is 9.05 Å². The van der Waals surface area contributed by atoms with E-state index in [4.69, 9.17) is 15.4 Å². The third-order valence-corrected chi connectivity index (χ3v) is 4.40. The Balaban J connectivity index is 2.25. The average Bonchev–Trinajstić information content (AvgIpc) is 3.19. The lowest BCUT2D eigenvalue weighted by molar-refractivity contribution is 0.0951. The molecule has 1 aliphatic rings. The van der Waals surface area contributed by atoms with E-state index in [1.807, 2.05) is 0 Å². The molecule has 1 fully saturated rings. The SMILES string of the molecule is COCc1cc(C(=O)NCC2CC2)cc(S(=O)(=O)Cl)c1. The van der Waals surface area contributed by atoms with Crippen molar-refractivity contribution in [2.45, 2.75) is 24.3 Å². The fourth-order valence-corrected chi connectivity index (χ4v) is 2.67. The first-order valence-corrected chi connectivity index (χ1v) is 8.57. The first-order chi connectivity index (χ1) is 9.40. The van der Waals surface area contributed by atoms with E-state index in [0.29, 0.717) is 18.0 Å². The van der Waals surface area contributed by atoms with Gasteiger partial charge in [-0.1, -0.05) is 0 Å². The highest BCUT2D eigenvalue weighted by Gasteiger charge is 2.22. The van der Waals surface area contributed by atoms with Gasteiger partial charge in [0, 0.05) is 29.9 Å². The van der Waals surface area contributed by atoms with Gasteiger partial charge in [-0.2, -0.15) is 0 Å². The van der Waals surface area contributed by atoms with Crippen LogP contribution in [-0.2, 0) is 20.4 Å². The van der Waals surface area contributed by atoms with E-state index in [0.717, 1.165) is 12.8 Å². The number of halogens is 1. The van der Waals surface area contributed by atoms with Crippen molar-refractivity contribution in [3.63, 3.8) is 0 Å². The summed E-state index contributed by atoms with van der Waals surface area (Å²) in [5.41, 5.74) is 0.866. The molecule has 0 spiro atoms. The van der Waals surface area contributed by atoms with Crippen LogP contribution >= 0.6 is 10.7 Å². The number of benzene rings is 1. The smallest absolute Gasteiger partial charge is 0.261 e. The van der Waals surface area contributed by atoms with E-state index in [-0.39, 0.29) is 23.0 Å². The number of carbonyl (C=O) groups excluding carboxylic acids is 1. The second-order valence-electron chi connectivity index (χ2n) is 4.89. The summed E-state index contributed by atoms with van der Waals surface area (Å²) < 4.78 is 27.8. The van der Waals surface area contributed by atoms with Crippen LogP contribution in [0.4, 0.5) is 0 Å². The molecule has 1 N–H and O–H groups in total. The third-order valence-electron chi connectivity index (χ3n) is 3.07. The maximum atomic E-state index is 12.0. The van der Waals surface area contributed by atoms with E-state index in [9.17, 15) is 13.2 Å². The van der Waals surface area contributed by atoms with Crippen LogP contribution in [0.25, 0.3) is 0 Å². The number of hydrogen-bond donors (Lipinski definition) is 1. The van der Waals surface area contributed by atoms with Crippen LogP contribution < -0.4 is 5.32 Å². The number of methoxy groups -OCH3 is 1. The monoisotopic (exact) mass is 317 g/mol. The molecule has 1 aromatic rings. The van der Waals surface area contributed by atoms with E-state index >= 15 is 0 Å². The van der Waals surface area contributed by atoms with Crippen molar-refractivity contribution in [1.82, 2.24) is 5.32 Å². The highest BCUT2D eigenvalue weighted by Crippen LogP contribution is 2.27. The van der Waals surface area contributed by atoms with Gasteiger partial charge in [-0.15, -0.1) is 0 Å². The van der Waals surface area contributed by atoms with Gasteiger partial charge in [0.1, 0.15) is 0 Å². The molecule has 1 amide bonds. The molecule has 0 unspecified atom stereocenters. The van der Waals surface area contributed by atoms with Crippen molar-refractivity contribution in [3.05, 3.63) is 29.3 Å². The van der Waals surface area contributed by atoms with Crippen LogP contribution in [0, 0.1) is 5.92 Å². The van der Waals surface area contributed by atoms with Crippen LogP contribution in [0.2, 0.25) is 0 Å². The molecule has 1 aliphatic carbocycles. The summed E-state index contributed by atoms with van der Waals surface area (Å²) in [5, 5.41) is 2.79. The fraction of sp³-hybridized carbons (Fsp3) is 0.462. The molecule has 2 rings (SSSR count). The molecule has 110 valence electrons. The molecule has 20 heavy (non-hydrogen) atoms. The minimum absolute atomic E-state index is 0.0923. The van der Waals surface area contributed by atoms with Gasteiger partial charge in [0.05, 0.1) is 11.5 Å². The zero-order valence-corrected chi connectivity index (χ0v) is 12.6. The second kappa shape index (κ2) is 6.11. The largest absolute Gasteiger partial charge is 0.380 e. The van der Waals surface area contributed by atoms with Crippen LogP contribution in [0.3, 0.4) is 0 Å². The first-order valence-electron chi connectivity index (χ1n) is 6.26. The van der Waals surface area contributed by atoms with Crippen molar-refractivity contribution in [1.29, 1.82) is 0 Å². The Morgan fingerprint density at radius 2 is 2.10 bits per heavy atom. The van der Waals surface area contributed by atoms with E-state index in [1.165, 1.54) is 19.2 Å². The Hall–Kier alpha value is -1.11. The standard InChI is InChI=1S/C13H16ClNO4S/c1-19-8-10-4-11(6-12(5-10)20(14,17)18)13(16)15-7-9-2-3-9/h4-6,9H,2-3,7-8H2,1H3,(H,15,16). The number of ether oxygens (including phenoxy) is 1. The van der Waals surface area contributed by atoms with E-state index in [1.54, 1.807) is 6.07 Å². The van der Waals surface area contributed by atoms with Crippen molar-refractivity contribution in [2.24, 2.45) is 5.92 Å². The molecule has 0 aromatic heterocycles. The molecule has 0 bridgehead atoms.